The molecule has 0 aromatic carbocycles. The average molecular weight is 293 g/mol. The summed E-state index contributed by atoms with van der Waals surface area (Å²) in [6, 6.07) is 0. The molecule has 0 amide bonds. The van der Waals surface area contributed by atoms with Gasteiger partial charge >= 0.3 is 0 Å². The zero-order valence-electron chi connectivity index (χ0n) is 16.2. The number of hydrogen-bond donors (Lipinski definition) is 0. The zero-order valence-corrected chi connectivity index (χ0v) is 16.2. The Kier molecular flexibility index (Phi) is 4.60. The van der Waals surface area contributed by atoms with Crippen molar-refractivity contribution in [1.29, 1.82) is 0 Å². The van der Waals surface area contributed by atoms with Gasteiger partial charge in [0.25, 0.3) is 0 Å². The normalized spacial score (nSPS) is 43.6. The van der Waals surface area contributed by atoms with Crippen molar-refractivity contribution in [3.63, 3.8) is 0 Å². The van der Waals surface area contributed by atoms with E-state index in [0.29, 0.717) is 10.8 Å². The lowest BCUT2D eigenvalue weighted by Crippen LogP contribution is -2.65. The van der Waals surface area contributed by atoms with E-state index in [2.05, 4.69) is 62.3 Å². The highest BCUT2D eigenvalue weighted by Gasteiger charge is 2.70. The molecular formula is C21H40. The fourth-order valence-corrected chi connectivity index (χ4v) is 7.17. The smallest absolute Gasteiger partial charge is 0.0184 e. The first kappa shape index (κ1) is 17.4. The van der Waals surface area contributed by atoms with E-state index in [0.717, 1.165) is 41.4 Å². The fraction of sp³-hybridized carbons (Fsp3) is 1.00. The molecule has 0 nitrogen and oxygen atoms in total. The molecule has 0 heteroatoms. The van der Waals surface area contributed by atoms with Gasteiger partial charge in [-0.15, -0.1) is 0 Å². The summed E-state index contributed by atoms with van der Waals surface area (Å²) in [4.78, 5) is 0. The van der Waals surface area contributed by atoms with Gasteiger partial charge in [0, 0.05) is 0 Å². The van der Waals surface area contributed by atoms with Crippen molar-refractivity contribution < 1.29 is 0 Å². The van der Waals surface area contributed by atoms with E-state index >= 15 is 0 Å². The molecular weight excluding hydrogens is 252 g/mol. The maximum absolute atomic E-state index is 2.60. The van der Waals surface area contributed by atoms with E-state index in [1.807, 2.05) is 0 Å². The quantitative estimate of drug-likeness (QED) is 0.544. The molecule has 2 rings (SSSR count). The van der Waals surface area contributed by atoms with Gasteiger partial charge in [0.05, 0.1) is 0 Å². The van der Waals surface area contributed by atoms with Crippen molar-refractivity contribution in [2.45, 2.75) is 81.6 Å². The first-order valence-electron chi connectivity index (χ1n) is 9.61. The van der Waals surface area contributed by atoms with E-state index in [1.54, 1.807) is 0 Å². The predicted molar refractivity (Wildman–Crippen MR) is 94.2 cm³/mol. The van der Waals surface area contributed by atoms with Crippen LogP contribution in [0.2, 0.25) is 0 Å². The van der Waals surface area contributed by atoms with Crippen molar-refractivity contribution in [2.75, 3.05) is 0 Å². The third kappa shape index (κ3) is 2.22. The van der Waals surface area contributed by atoms with Gasteiger partial charge < -0.3 is 0 Å². The Balaban J connectivity index is 2.29. The first-order chi connectivity index (χ1) is 9.61. The van der Waals surface area contributed by atoms with Crippen LogP contribution in [0.15, 0.2) is 0 Å². The van der Waals surface area contributed by atoms with Gasteiger partial charge in [0.15, 0.2) is 0 Å². The average Bonchev–Trinajstić information content (AvgIpc) is 2.73. The largest absolute Gasteiger partial charge is 0.0651 e. The molecule has 0 aromatic heterocycles. The van der Waals surface area contributed by atoms with Gasteiger partial charge in [-0.2, -0.15) is 0 Å². The van der Waals surface area contributed by atoms with Gasteiger partial charge in [-0.25, -0.2) is 0 Å². The summed E-state index contributed by atoms with van der Waals surface area (Å²) in [7, 11) is 0. The predicted octanol–water partition coefficient (Wildman–Crippen LogP) is 6.65. The summed E-state index contributed by atoms with van der Waals surface area (Å²) in [6.45, 7) is 22.5. The second kappa shape index (κ2) is 5.57. The standard InChI is InChI=1S/C21H40/c1-10-18-19(14(4)5)20(8,9)21(18)12-17(11-15(21)6)16(7)13(2)3/h13-19H,10-12H2,1-9H3. The van der Waals surface area contributed by atoms with Crippen molar-refractivity contribution >= 4 is 0 Å². The van der Waals surface area contributed by atoms with Crippen LogP contribution in [0.1, 0.15) is 81.6 Å². The van der Waals surface area contributed by atoms with Gasteiger partial charge in [-0.1, -0.05) is 68.7 Å². The molecule has 6 unspecified atom stereocenters. The van der Waals surface area contributed by atoms with E-state index in [-0.39, 0.29) is 0 Å². The van der Waals surface area contributed by atoms with E-state index in [9.17, 15) is 0 Å². The lowest BCUT2D eigenvalue weighted by atomic mass is 9.34. The van der Waals surface area contributed by atoms with Crippen LogP contribution >= 0.6 is 0 Å². The van der Waals surface area contributed by atoms with Crippen LogP contribution in [0.4, 0.5) is 0 Å². The van der Waals surface area contributed by atoms with Crippen LogP contribution in [0.25, 0.3) is 0 Å². The topological polar surface area (TPSA) is 0 Å². The summed E-state index contributed by atoms with van der Waals surface area (Å²) in [5.74, 6) is 6.33. The second-order valence-corrected chi connectivity index (χ2v) is 9.75. The zero-order chi connectivity index (χ0) is 16.2. The fourth-order valence-electron chi connectivity index (χ4n) is 7.17. The minimum absolute atomic E-state index is 0.534. The molecule has 0 radical (unpaired) electrons. The maximum atomic E-state index is 2.60. The van der Waals surface area contributed by atoms with E-state index < -0.39 is 0 Å². The molecule has 0 N–H and O–H groups in total. The minimum Gasteiger partial charge on any atom is -0.0651 e. The van der Waals surface area contributed by atoms with Crippen LogP contribution in [-0.2, 0) is 0 Å². The molecule has 2 aliphatic carbocycles. The summed E-state index contributed by atoms with van der Waals surface area (Å²) in [5.41, 5.74) is 1.16. The van der Waals surface area contributed by atoms with Crippen LogP contribution in [-0.4, -0.2) is 0 Å². The Labute approximate surface area is 134 Å². The lowest BCUT2D eigenvalue weighted by Gasteiger charge is -2.70. The molecule has 124 valence electrons. The van der Waals surface area contributed by atoms with Gasteiger partial charge in [0.1, 0.15) is 0 Å². The Hall–Kier alpha value is 0. The first-order valence-corrected chi connectivity index (χ1v) is 9.61. The molecule has 0 aromatic rings. The minimum atomic E-state index is 0.534. The second-order valence-electron chi connectivity index (χ2n) is 9.75. The monoisotopic (exact) mass is 292 g/mol. The van der Waals surface area contributed by atoms with Crippen LogP contribution < -0.4 is 0 Å². The number of hydrogen-bond acceptors (Lipinski definition) is 0. The highest BCUT2D eigenvalue weighted by atomic mass is 14.7. The summed E-state index contributed by atoms with van der Waals surface area (Å²) >= 11 is 0. The molecule has 2 saturated carbocycles. The molecule has 2 aliphatic rings. The van der Waals surface area contributed by atoms with Gasteiger partial charge in [-0.3, -0.25) is 0 Å². The molecule has 1 spiro atoms. The van der Waals surface area contributed by atoms with Crippen molar-refractivity contribution in [2.24, 2.45) is 52.3 Å². The SMILES string of the molecule is CCC1C(C(C)C)C(C)(C)C12CC(C(C)C(C)C)CC2C. The molecule has 0 bridgehead atoms. The van der Waals surface area contributed by atoms with E-state index in [1.165, 1.54) is 19.3 Å². The summed E-state index contributed by atoms with van der Waals surface area (Å²) < 4.78 is 0. The Morgan fingerprint density at radius 1 is 1.05 bits per heavy atom. The summed E-state index contributed by atoms with van der Waals surface area (Å²) in [6.07, 6.45) is 4.37. The molecule has 0 saturated heterocycles. The number of rotatable bonds is 4. The third-order valence-electron chi connectivity index (χ3n) is 8.22. The molecule has 0 heterocycles. The van der Waals surface area contributed by atoms with Crippen LogP contribution in [0, 0.1) is 52.3 Å². The molecule has 6 atom stereocenters. The summed E-state index contributed by atoms with van der Waals surface area (Å²) in [5, 5.41) is 0. The van der Waals surface area contributed by atoms with Gasteiger partial charge in [-0.05, 0) is 65.1 Å². The molecule has 0 aliphatic heterocycles. The Bertz CT molecular complexity index is 364. The van der Waals surface area contributed by atoms with Crippen LogP contribution in [0.3, 0.4) is 0 Å². The third-order valence-corrected chi connectivity index (χ3v) is 8.22. The van der Waals surface area contributed by atoms with E-state index in [4.69, 9.17) is 0 Å². The highest BCUT2D eigenvalue weighted by Crippen LogP contribution is 2.76. The van der Waals surface area contributed by atoms with Gasteiger partial charge in [0.2, 0.25) is 0 Å². The molecule has 2 fully saturated rings. The Morgan fingerprint density at radius 3 is 2.05 bits per heavy atom. The Morgan fingerprint density at radius 2 is 1.62 bits per heavy atom. The molecule has 21 heavy (non-hydrogen) atoms. The highest BCUT2D eigenvalue weighted by molar-refractivity contribution is 5.18. The maximum Gasteiger partial charge on any atom is -0.0184 e. The van der Waals surface area contributed by atoms with Crippen molar-refractivity contribution in [1.82, 2.24) is 0 Å². The van der Waals surface area contributed by atoms with Crippen LogP contribution in [0.5, 0.6) is 0 Å². The van der Waals surface area contributed by atoms with Crippen molar-refractivity contribution in [3.8, 4) is 0 Å². The van der Waals surface area contributed by atoms with Crippen molar-refractivity contribution in [3.05, 3.63) is 0 Å². The lowest BCUT2D eigenvalue weighted by molar-refractivity contribution is -0.227.